The summed E-state index contributed by atoms with van der Waals surface area (Å²) in [4.78, 5) is 11.7. The number of carbonyl (C=O) groups excluding carboxylic acids is 1. The number of carbonyl (C=O) groups is 1. The Morgan fingerprint density at radius 3 is 2.35 bits per heavy atom. The van der Waals surface area contributed by atoms with Crippen LogP contribution in [0.4, 0.5) is 4.79 Å². The quantitative estimate of drug-likeness (QED) is 0.703. The van der Waals surface area contributed by atoms with Crippen molar-refractivity contribution in [3.8, 4) is 0 Å². The summed E-state index contributed by atoms with van der Waals surface area (Å²) in [5.41, 5.74) is -1.62. The highest BCUT2D eigenvalue weighted by molar-refractivity contribution is 7.85. The Kier molecular flexibility index (Phi) is 5.04. The second kappa shape index (κ2) is 5.87. The highest BCUT2D eigenvalue weighted by Crippen LogP contribution is 2.39. The molecule has 0 bridgehead atoms. The van der Waals surface area contributed by atoms with Crippen LogP contribution >= 0.6 is 0 Å². The van der Waals surface area contributed by atoms with Crippen molar-refractivity contribution in [2.45, 2.75) is 57.3 Å². The van der Waals surface area contributed by atoms with Crippen molar-refractivity contribution >= 4 is 16.2 Å². The van der Waals surface area contributed by atoms with E-state index in [0.29, 0.717) is 12.8 Å². The molecule has 1 saturated carbocycles. The lowest BCUT2D eigenvalue weighted by Crippen LogP contribution is -2.47. The number of ether oxygens (including phenoxy) is 1. The standard InChI is InChI=1S/C12H23NO6S/c1-11(2,3)19-10(14)13-9(12(15)6-7-12)5-8-18-20(4,16)17/h9,15H,5-8H2,1-4H3,(H,13,14). The van der Waals surface area contributed by atoms with Gasteiger partial charge in [0, 0.05) is 0 Å². The van der Waals surface area contributed by atoms with E-state index in [2.05, 4.69) is 9.50 Å². The number of aliphatic hydroxyl groups is 1. The van der Waals surface area contributed by atoms with Gasteiger partial charge in [-0.3, -0.25) is 4.18 Å². The van der Waals surface area contributed by atoms with Crippen molar-refractivity contribution < 1.29 is 27.2 Å². The molecule has 2 N–H and O–H groups in total. The molecule has 1 fully saturated rings. The lowest BCUT2D eigenvalue weighted by atomic mass is 10.1. The summed E-state index contributed by atoms with van der Waals surface area (Å²) in [5.74, 6) is 0. The smallest absolute Gasteiger partial charge is 0.407 e. The SMILES string of the molecule is CC(C)(C)OC(=O)NC(CCOS(C)(=O)=O)C1(O)CC1. The predicted molar refractivity (Wildman–Crippen MR) is 72.8 cm³/mol. The molecular formula is C12H23NO6S. The van der Waals surface area contributed by atoms with E-state index < -0.39 is 33.5 Å². The van der Waals surface area contributed by atoms with Gasteiger partial charge in [-0.15, -0.1) is 0 Å². The van der Waals surface area contributed by atoms with E-state index in [9.17, 15) is 18.3 Å². The summed E-state index contributed by atoms with van der Waals surface area (Å²) in [6.45, 7) is 5.11. The number of nitrogens with one attached hydrogen (secondary N) is 1. The lowest BCUT2D eigenvalue weighted by molar-refractivity contribution is 0.0359. The van der Waals surface area contributed by atoms with Crippen LogP contribution in [0.25, 0.3) is 0 Å². The van der Waals surface area contributed by atoms with Crippen LogP contribution in [0.1, 0.15) is 40.0 Å². The fourth-order valence-electron chi connectivity index (χ4n) is 1.72. The Labute approximate surface area is 119 Å². The summed E-state index contributed by atoms with van der Waals surface area (Å²) in [6, 6.07) is -0.584. The van der Waals surface area contributed by atoms with E-state index in [0.717, 1.165) is 6.26 Å². The van der Waals surface area contributed by atoms with Crippen LogP contribution in [-0.2, 0) is 19.0 Å². The van der Waals surface area contributed by atoms with Gasteiger partial charge < -0.3 is 15.2 Å². The zero-order valence-corrected chi connectivity index (χ0v) is 13.1. The number of alkyl carbamates (subject to hydrolysis) is 1. The molecule has 1 unspecified atom stereocenters. The van der Waals surface area contributed by atoms with E-state index in [-0.39, 0.29) is 13.0 Å². The van der Waals surface area contributed by atoms with E-state index in [1.54, 1.807) is 20.8 Å². The average molecular weight is 309 g/mol. The van der Waals surface area contributed by atoms with Crippen LogP contribution in [0.2, 0.25) is 0 Å². The van der Waals surface area contributed by atoms with Crippen LogP contribution in [0.5, 0.6) is 0 Å². The Hall–Kier alpha value is -0.860. The number of rotatable bonds is 6. The Bertz CT molecular complexity index is 449. The molecule has 1 amide bonds. The highest BCUT2D eigenvalue weighted by Gasteiger charge is 2.48. The molecule has 0 aromatic rings. The molecule has 118 valence electrons. The molecule has 20 heavy (non-hydrogen) atoms. The molecule has 1 aliphatic rings. The van der Waals surface area contributed by atoms with Crippen molar-refractivity contribution in [2.75, 3.05) is 12.9 Å². The maximum Gasteiger partial charge on any atom is 0.407 e. The van der Waals surface area contributed by atoms with Crippen molar-refractivity contribution in [2.24, 2.45) is 0 Å². The van der Waals surface area contributed by atoms with Gasteiger partial charge in [-0.2, -0.15) is 8.42 Å². The molecule has 1 rings (SSSR count). The minimum absolute atomic E-state index is 0.0956. The van der Waals surface area contributed by atoms with Gasteiger partial charge in [-0.1, -0.05) is 0 Å². The van der Waals surface area contributed by atoms with Gasteiger partial charge in [-0.25, -0.2) is 4.79 Å². The molecule has 0 saturated heterocycles. The number of amides is 1. The second-order valence-corrected chi connectivity index (χ2v) is 7.76. The maximum atomic E-state index is 11.7. The van der Waals surface area contributed by atoms with E-state index in [1.165, 1.54) is 0 Å². The van der Waals surface area contributed by atoms with Gasteiger partial charge in [0.05, 0.1) is 24.5 Å². The first-order valence-electron chi connectivity index (χ1n) is 6.48. The minimum atomic E-state index is -3.53. The van der Waals surface area contributed by atoms with Crippen molar-refractivity contribution in [3.05, 3.63) is 0 Å². The Morgan fingerprint density at radius 2 is 1.95 bits per heavy atom. The van der Waals surface area contributed by atoms with Gasteiger partial charge in [0.25, 0.3) is 10.1 Å². The Morgan fingerprint density at radius 1 is 1.40 bits per heavy atom. The van der Waals surface area contributed by atoms with Crippen LogP contribution in [-0.4, -0.2) is 49.7 Å². The third kappa shape index (κ3) is 6.53. The zero-order valence-electron chi connectivity index (χ0n) is 12.3. The van der Waals surface area contributed by atoms with Crippen molar-refractivity contribution in [1.82, 2.24) is 5.32 Å². The van der Waals surface area contributed by atoms with Gasteiger partial charge in [0.15, 0.2) is 0 Å². The molecule has 0 aromatic carbocycles. The first-order valence-corrected chi connectivity index (χ1v) is 8.29. The maximum absolute atomic E-state index is 11.7. The van der Waals surface area contributed by atoms with Gasteiger partial charge in [0.2, 0.25) is 0 Å². The fraction of sp³-hybridized carbons (Fsp3) is 0.917. The molecule has 0 aromatic heterocycles. The van der Waals surface area contributed by atoms with Crippen molar-refractivity contribution in [1.29, 1.82) is 0 Å². The topological polar surface area (TPSA) is 102 Å². The molecule has 0 aliphatic heterocycles. The number of hydrogen-bond donors (Lipinski definition) is 2. The zero-order chi connectivity index (χ0) is 15.6. The summed E-state index contributed by atoms with van der Waals surface area (Å²) >= 11 is 0. The monoisotopic (exact) mass is 309 g/mol. The third-order valence-electron chi connectivity index (χ3n) is 2.81. The lowest BCUT2D eigenvalue weighted by Gasteiger charge is -2.26. The summed E-state index contributed by atoms with van der Waals surface area (Å²) in [6.07, 6.45) is 1.64. The molecular weight excluding hydrogens is 286 g/mol. The number of hydrogen-bond acceptors (Lipinski definition) is 6. The summed E-state index contributed by atoms with van der Waals surface area (Å²) < 4.78 is 31.5. The molecule has 1 aliphatic carbocycles. The average Bonchev–Trinajstić information content (AvgIpc) is 2.91. The first-order chi connectivity index (χ1) is 8.91. The normalized spacial score (nSPS) is 19.2. The summed E-state index contributed by atoms with van der Waals surface area (Å²) in [5, 5.41) is 12.7. The third-order valence-corrected chi connectivity index (χ3v) is 3.40. The second-order valence-electron chi connectivity index (χ2n) is 6.12. The Balaban J connectivity index is 2.52. The van der Waals surface area contributed by atoms with E-state index >= 15 is 0 Å². The largest absolute Gasteiger partial charge is 0.444 e. The van der Waals surface area contributed by atoms with Crippen molar-refractivity contribution in [3.63, 3.8) is 0 Å². The van der Waals surface area contributed by atoms with Gasteiger partial charge >= 0.3 is 6.09 Å². The van der Waals surface area contributed by atoms with E-state index in [1.807, 2.05) is 0 Å². The summed E-state index contributed by atoms with van der Waals surface area (Å²) in [7, 11) is -3.53. The van der Waals surface area contributed by atoms with Crippen LogP contribution in [0.15, 0.2) is 0 Å². The molecule has 7 nitrogen and oxygen atoms in total. The van der Waals surface area contributed by atoms with Crippen LogP contribution in [0.3, 0.4) is 0 Å². The first kappa shape index (κ1) is 17.2. The van der Waals surface area contributed by atoms with Gasteiger partial charge in [0.1, 0.15) is 5.60 Å². The highest BCUT2D eigenvalue weighted by atomic mass is 32.2. The molecule has 1 atom stereocenters. The fourth-order valence-corrected chi connectivity index (χ4v) is 2.12. The molecule has 0 heterocycles. The molecule has 0 spiro atoms. The van der Waals surface area contributed by atoms with Crippen LogP contribution in [0, 0.1) is 0 Å². The van der Waals surface area contributed by atoms with Crippen LogP contribution < -0.4 is 5.32 Å². The molecule has 0 radical (unpaired) electrons. The van der Waals surface area contributed by atoms with Gasteiger partial charge in [-0.05, 0) is 40.0 Å². The minimum Gasteiger partial charge on any atom is -0.444 e. The predicted octanol–water partition coefficient (Wildman–Crippen LogP) is 0.771. The van der Waals surface area contributed by atoms with E-state index in [4.69, 9.17) is 4.74 Å². The molecule has 8 heteroatoms.